The van der Waals surface area contributed by atoms with E-state index in [4.69, 9.17) is 0 Å². The fraction of sp³-hybridized carbons (Fsp3) is 0.150. The summed E-state index contributed by atoms with van der Waals surface area (Å²) in [6.45, 7) is 4.00. The van der Waals surface area contributed by atoms with Crippen LogP contribution in [-0.4, -0.2) is 22.4 Å². The Morgan fingerprint density at radius 2 is 1.78 bits per heavy atom. The second-order valence-electron chi connectivity index (χ2n) is 5.82. The van der Waals surface area contributed by atoms with Crippen molar-refractivity contribution in [2.45, 2.75) is 13.8 Å². The van der Waals surface area contributed by atoms with Gasteiger partial charge in [-0.25, -0.2) is 18.7 Å². The molecule has 1 N–H and O–H groups in total. The molecule has 0 aliphatic carbocycles. The fourth-order valence-corrected chi connectivity index (χ4v) is 2.65. The first-order valence-corrected chi connectivity index (χ1v) is 8.42. The van der Waals surface area contributed by atoms with Crippen molar-refractivity contribution in [3.8, 4) is 0 Å². The molecule has 0 bridgehead atoms. The van der Waals surface area contributed by atoms with Crippen molar-refractivity contribution < 1.29 is 13.6 Å². The Morgan fingerprint density at radius 3 is 2.44 bits per heavy atom. The van der Waals surface area contributed by atoms with Gasteiger partial charge in [-0.2, -0.15) is 0 Å². The third-order valence-electron chi connectivity index (χ3n) is 3.88. The first kappa shape index (κ1) is 18.4. The van der Waals surface area contributed by atoms with Crippen LogP contribution in [0.3, 0.4) is 0 Å². The van der Waals surface area contributed by atoms with Crippen LogP contribution in [0.4, 0.5) is 26.0 Å². The Kier molecular flexibility index (Phi) is 5.40. The molecular weight excluding hydrogens is 350 g/mol. The normalized spacial score (nSPS) is 10.5. The molecule has 1 heterocycles. The third kappa shape index (κ3) is 4.25. The molecule has 7 heteroatoms. The number of benzene rings is 2. The molecule has 2 aromatic carbocycles. The van der Waals surface area contributed by atoms with Crippen molar-refractivity contribution in [3.05, 3.63) is 77.8 Å². The molecule has 3 rings (SSSR count). The zero-order chi connectivity index (χ0) is 19.4. The Bertz CT molecular complexity index is 963. The van der Waals surface area contributed by atoms with Crippen LogP contribution in [0.25, 0.3) is 0 Å². The van der Waals surface area contributed by atoms with E-state index in [2.05, 4.69) is 15.3 Å². The molecule has 0 unspecified atom stereocenters. The molecule has 0 saturated carbocycles. The Morgan fingerprint density at radius 1 is 1.04 bits per heavy atom. The maximum Gasteiger partial charge on any atom is 0.277 e. The topological polar surface area (TPSA) is 58.1 Å². The number of anilines is 3. The minimum Gasteiger partial charge on any atom is -0.340 e. The first-order valence-electron chi connectivity index (χ1n) is 8.42. The van der Waals surface area contributed by atoms with Crippen LogP contribution in [-0.2, 0) is 0 Å². The van der Waals surface area contributed by atoms with Gasteiger partial charge in [0.2, 0.25) is 0 Å². The number of halogens is 2. The van der Waals surface area contributed by atoms with Gasteiger partial charge in [0.05, 0.1) is 0 Å². The number of amides is 1. The number of hydrogen-bond donors (Lipinski definition) is 1. The van der Waals surface area contributed by atoms with E-state index in [1.807, 2.05) is 37.3 Å². The van der Waals surface area contributed by atoms with E-state index in [0.717, 1.165) is 17.8 Å². The zero-order valence-corrected chi connectivity index (χ0v) is 14.9. The van der Waals surface area contributed by atoms with E-state index in [9.17, 15) is 13.6 Å². The smallest absolute Gasteiger partial charge is 0.277 e. The summed E-state index contributed by atoms with van der Waals surface area (Å²) in [6.07, 6.45) is 0. The Hall–Kier alpha value is -3.35. The van der Waals surface area contributed by atoms with Gasteiger partial charge in [0.25, 0.3) is 5.91 Å². The van der Waals surface area contributed by atoms with Gasteiger partial charge in [0.15, 0.2) is 11.6 Å². The second kappa shape index (κ2) is 7.90. The minimum absolute atomic E-state index is 0.207. The predicted octanol–water partition coefficient (Wildman–Crippen LogP) is 4.47. The number of rotatable bonds is 5. The van der Waals surface area contributed by atoms with Gasteiger partial charge in [0.1, 0.15) is 17.3 Å². The van der Waals surface area contributed by atoms with E-state index < -0.39 is 11.6 Å². The number of nitrogens with zero attached hydrogens (tertiary/aromatic N) is 3. The van der Waals surface area contributed by atoms with Crippen LogP contribution in [0.1, 0.15) is 23.2 Å². The number of para-hydroxylation sites is 1. The number of aryl methyl sites for hydroxylation is 1. The van der Waals surface area contributed by atoms with Crippen molar-refractivity contribution in [2.24, 2.45) is 0 Å². The molecule has 27 heavy (non-hydrogen) atoms. The average molecular weight is 368 g/mol. The van der Waals surface area contributed by atoms with Gasteiger partial charge in [-0.1, -0.05) is 18.2 Å². The third-order valence-corrected chi connectivity index (χ3v) is 3.88. The molecular formula is C20H18F2N4O. The SMILES string of the molecule is CCN(C(=O)c1cc(Nc2ccc(F)c(F)c2)nc(C)n1)c1ccccc1. The number of aromatic nitrogens is 2. The van der Waals surface area contributed by atoms with Crippen molar-refractivity contribution in [2.75, 3.05) is 16.8 Å². The molecule has 1 aromatic heterocycles. The van der Waals surface area contributed by atoms with Crippen LogP contribution in [0.5, 0.6) is 0 Å². The highest BCUT2D eigenvalue weighted by Gasteiger charge is 2.19. The molecule has 0 saturated heterocycles. The number of carbonyl (C=O) groups excluding carboxylic acids is 1. The zero-order valence-electron chi connectivity index (χ0n) is 14.9. The molecule has 138 valence electrons. The lowest BCUT2D eigenvalue weighted by atomic mass is 10.2. The number of nitrogens with one attached hydrogen (secondary N) is 1. The molecule has 0 radical (unpaired) electrons. The summed E-state index contributed by atoms with van der Waals surface area (Å²) in [7, 11) is 0. The molecule has 1 amide bonds. The van der Waals surface area contributed by atoms with Gasteiger partial charge in [-0.05, 0) is 38.1 Å². The maximum absolute atomic E-state index is 13.4. The minimum atomic E-state index is -0.969. The largest absolute Gasteiger partial charge is 0.340 e. The molecule has 3 aromatic rings. The molecule has 0 atom stereocenters. The molecule has 0 aliphatic rings. The van der Waals surface area contributed by atoms with Gasteiger partial charge in [-0.15, -0.1) is 0 Å². The van der Waals surface area contributed by atoms with Gasteiger partial charge in [-0.3, -0.25) is 4.79 Å². The molecule has 0 fully saturated rings. The summed E-state index contributed by atoms with van der Waals surface area (Å²) in [4.78, 5) is 23.0. The van der Waals surface area contributed by atoms with E-state index in [-0.39, 0.29) is 11.6 Å². The first-order chi connectivity index (χ1) is 13.0. The lowest BCUT2D eigenvalue weighted by molar-refractivity contribution is 0.0983. The lowest BCUT2D eigenvalue weighted by Crippen LogP contribution is -2.31. The number of carbonyl (C=O) groups is 1. The summed E-state index contributed by atoms with van der Waals surface area (Å²) < 4.78 is 26.5. The number of hydrogen-bond acceptors (Lipinski definition) is 4. The van der Waals surface area contributed by atoms with Crippen LogP contribution in [0.15, 0.2) is 54.6 Å². The second-order valence-corrected chi connectivity index (χ2v) is 5.82. The highest BCUT2D eigenvalue weighted by Crippen LogP contribution is 2.20. The highest BCUT2D eigenvalue weighted by molar-refractivity contribution is 6.05. The Balaban J connectivity index is 1.90. The van der Waals surface area contributed by atoms with Crippen LogP contribution in [0, 0.1) is 18.6 Å². The quantitative estimate of drug-likeness (QED) is 0.722. The monoisotopic (exact) mass is 368 g/mol. The van der Waals surface area contributed by atoms with E-state index in [0.29, 0.717) is 23.9 Å². The van der Waals surface area contributed by atoms with Crippen LogP contribution < -0.4 is 10.2 Å². The van der Waals surface area contributed by atoms with Gasteiger partial charge >= 0.3 is 0 Å². The molecule has 5 nitrogen and oxygen atoms in total. The van der Waals surface area contributed by atoms with E-state index >= 15 is 0 Å². The maximum atomic E-state index is 13.4. The van der Waals surface area contributed by atoms with Gasteiger partial charge in [0, 0.05) is 30.1 Å². The van der Waals surface area contributed by atoms with Crippen molar-refractivity contribution >= 4 is 23.1 Å². The van der Waals surface area contributed by atoms with Crippen molar-refractivity contribution in [3.63, 3.8) is 0 Å². The fourth-order valence-electron chi connectivity index (χ4n) is 2.65. The molecule has 0 spiro atoms. The standard InChI is InChI=1S/C20H18F2N4O/c1-3-26(15-7-5-4-6-8-15)20(27)18-12-19(24-13(2)23-18)25-14-9-10-16(21)17(22)11-14/h4-12H,3H2,1-2H3,(H,23,24,25). The average Bonchev–Trinajstić information content (AvgIpc) is 2.66. The summed E-state index contributed by atoms with van der Waals surface area (Å²) >= 11 is 0. The summed E-state index contributed by atoms with van der Waals surface area (Å²) in [5, 5.41) is 2.88. The summed E-state index contributed by atoms with van der Waals surface area (Å²) in [5.74, 6) is -1.47. The summed E-state index contributed by atoms with van der Waals surface area (Å²) in [5.41, 5.74) is 1.29. The van der Waals surface area contributed by atoms with Crippen molar-refractivity contribution in [1.82, 2.24) is 9.97 Å². The van der Waals surface area contributed by atoms with Crippen LogP contribution in [0.2, 0.25) is 0 Å². The predicted molar refractivity (Wildman–Crippen MR) is 100 cm³/mol. The van der Waals surface area contributed by atoms with E-state index in [1.165, 1.54) is 12.1 Å². The lowest BCUT2D eigenvalue weighted by Gasteiger charge is -2.21. The van der Waals surface area contributed by atoms with Crippen molar-refractivity contribution in [1.29, 1.82) is 0 Å². The van der Waals surface area contributed by atoms with E-state index in [1.54, 1.807) is 11.8 Å². The Labute approximate surface area is 155 Å². The van der Waals surface area contributed by atoms with Gasteiger partial charge < -0.3 is 10.2 Å². The molecule has 0 aliphatic heterocycles. The highest BCUT2D eigenvalue weighted by atomic mass is 19.2. The van der Waals surface area contributed by atoms with Crippen LogP contribution >= 0.6 is 0 Å². The summed E-state index contributed by atoms with van der Waals surface area (Å²) in [6, 6.07) is 14.2.